The summed E-state index contributed by atoms with van der Waals surface area (Å²) in [7, 11) is 0. The Morgan fingerprint density at radius 2 is 1.77 bits per heavy atom. The number of nitrogens with zero attached hydrogens (tertiary/aromatic N) is 2. The molecule has 1 aliphatic rings. The summed E-state index contributed by atoms with van der Waals surface area (Å²) in [4.78, 5) is 40.4. The first-order valence-electron chi connectivity index (χ1n) is 9.73. The van der Waals surface area contributed by atoms with Crippen molar-refractivity contribution < 1.29 is 23.2 Å². The van der Waals surface area contributed by atoms with Gasteiger partial charge in [0.15, 0.2) is 0 Å². The predicted octanol–water partition coefficient (Wildman–Crippen LogP) is 2.80. The summed E-state index contributed by atoms with van der Waals surface area (Å²) in [6.45, 7) is 2.27. The van der Waals surface area contributed by atoms with Crippen LogP contribution in [-0.4, -0.2) is 47.2 Å². The minimum absolute atomic E-state index is 0.0751. The fraction of sp³-hybridized carbons (Fsp3) is 0.318. The Morgan fingerprint density at radius 3 is 2.40 bits per heavy atom. The van der Waals surface area contributed by atoms with Crippen LogP contribution < -0.4 is 5.32 Å². The van der Waals surface area contributed by atoms with E-state index in [-0.39, 0.29) is 37.9 Å². The van der Waals surface area contributed by atoms with Gasteiger partial charge in [-0.05, 0) is 24.6 Å². The highest BCUT2D eigenvalue weighted by atomic mass is 19.1. The zero-order chi connectivity index (χ0) is 21.7. The summed E-state index contributed by atoms with van der Waals surface area (Å²) in [5.41, 5.74) is 0.425. The van der Waals surface area contributed by atoms with Crippen LogP contribution in [-0.2, 0) is 20.9 Å². The van der Waals surface area contributed by atoms with E-state index in [4.69, 9.17) is 0 Å². The van der Waals surface area contributed by atoms with E-state index in [1.165, 1.54) is 11.0 Å². The number of nitrogens with one attached hydrogen (secondary N) is 1. The largest absolute Gasteiger partial charge is 0.338 e. The van der Waals surface area contributed by atoms with Crippen LogP contribution in [0.3, 0.4) is 0 Å². The van der Waals surface area contributed by atoms with E-state index in [1.54, 1.807) is 11.8 Å². The molecule has 1 atom stereocenters. The summed E-state index contributed by atoms with van der Waals surface area (Å²) in [6.07, 6.45) is 0.0751. The number of carbonyl (C=O) groups excluding carboxylic acids is 3. The number of carbonyl (C=O) groups is 3. The van der Waals surface area contributed by atoms with Crippen LogP contribution in [0.1, 0.15) is 18.9 Å². The maximum Gasteiger partial charge on any atom is 0.244 e. The maximum atomic E-state index is 13.7. The number of likely N-dealkylation sites (N-methyl/N-ethyl adjacent to an activating group) is 1. The van der Waals surface area contributed by atoms with Gasteiger partial charge < -0.3 is 15.1 Å². The van der Waals surface area contributed by atoms with Crippen LogP contribution in [0.5, 0.6) is 0 Å². The molecule has 1 saturated heterocycles. The van der Waals surface area contributed by atoms with Crippen LogP contribution in [0.2, 0.25) is 0 Å². The van der Waals surface area contributed by atoms with Crippen LogP contribution >= 0.6 is 0 Å². The molecule has 2 aromatic carbocycles. The molecule has 3 amide bonds. The minimum Gasteiger partial charge on any atom is -0.338 e. The Hall–Kier alpha value is -3.29. The van der Waals surface area contributed by atoms with Gasteiger partial charge in [0.1, 0.15) is 17.3 Å². The van der Waals surface area contributed by atoms with E-state index in [9.17, 15) is 23.2 Å². The van der Waals surface area contributed by atoms with Crippen molar-refractivity contribution in [2.24, 2.45) is 5.92 Å². The standard InChI is InChI=1S/C22H23F2N3O3/c1-2-26(14-19(28)25-21-17(23)9-6-10-18(21)24)22(30)16-11-20(29)27(13-16)12-15-7-4-3-5-8-15/h3-10,16H,2,11-14H2,1H3,(H,25,28). The van der Waals surface area contributed by atoms with Gasteiger partial charge in [-0.15, -0.1) is 0 Å². The lowest BCUT2D eigenvalue weighted by atomic mass is 10.1. The Balaban J connectivity index is 1.60. The summed E-state index contributed by atoms with van der Waals surface area (Å²) in [5.74, 6) is -3.50. The van der Waals surface area contributed by atoms with Gasteiger partial charge in [-0.2, -0.15) is 0 Å². The molecule has 1 unspecified atom stereocenters. The second kappa shape index (κ2) is 9.47. The monoisotopic (exact) mass is 415 g/mol. The van der Waals surface area contributed by atoms with Crippen molar-refractivity contribution in [3.05, 3.63) is 65.7 Å². The highest BCUT2D eigenvalue weighted by Gasteiger charge is 2.36. The van der Waals surface area contributed by atoms with E-state index < -0.39 is 29.1 Å². The molecule has 0 saturated carbocycles. The van der Waals surface area contributed by atoms with Gasteiger partial charge in [-0.25, -0.2) is 8.78 Å². The number of hydrogen-bond donors (Lipinski definition) is 1. The van der Waals surface area contributed by atoms with Gasteiger partial charge in [-0.3, -0.25) is 14.4 Å². The van der Waals surface area contributed by atoms with Crippen LogP contribution in [0.25, 0.3) is 0 Å². The van der Waals surface area contributed by atoms with Gasteiger partial charge in [-0.1, -0.05) is 36.4 Å². The molecule has 0 radical (unpaired) electrons. The molecule has 6 nitrogen and oxygen atoms in total. The van der Waals surface area contributed by atoms with E-state index in [0.717, 1.165) is 17.7 Å². The second-order valence-corrected chi connectivity index (χ2v) is 7.16. The third kappa shape index (κ3) is 5.00. The smallest absolute Gasteiger partial charge is 0.244 e. The first-order chi connectivity index (χ1) is 14.4. The molecule has 0 spiro atoms. The van der Waals surface area contributed by atoms with Gasteiger partial charge >= 0.3 is 0 Å². The lowest BCUT2D eigenvalue weighted by molar-refractivity contribution is -0.138. The van der Waals surface area contributed by atoms with Crippen LogP contribution in [0, 0.1) is 17.6 Å². The van der Waals surface area contributed by atoms with Crippen molar-refractivity contribution in [1.29, 1.82) is 0 Å². The van der Waals surface area contributed by atoms with E-state index >= 15 is 0 Å². The van der Waals surface area contributed by atoms with Crippen molar-refractivity contribution in [1.82, 2.24) is 9.80 Å². The molecule has 3 rings (SSSR count). The average molecular weight is 415 g/mol. The van der Waals surface area contributed by atoms with Gasteiger partial charge in [0.25, 0.3) is 0 Å². The molecule has 1 N–H and O–H groups in total. The average Bonchev–Trinajstić information content (AvgIpc) is 3.09. The molecule has 30 heavy (non-hydrogen) atoms. The molecular formula is C22H23F2N3O3. The van der Waals surface area contributed by atoms with Crippen LogP contribution in [0.15, 0.2) is 48.5 Å². The van der Waals surface area contributed by atoms with Crippen molar-refractivity contribution in [2.45, 2.75) is 19.9 Å². The number of anilines is 1. The zero-order valence-electron chi connectivity index (χ0n) is 16.6. The SMILES string of the molecule is CCN(CC(=O)Nc1c(F)cccc1F)C(=O)C1CC(=O)N(Cc2ccccc2)C1. The summed E-state index contributed by atoms with van der Waals surface area (Å²) in [6, 6.07) is 12.7. The fourth-order valence-electron chi connectivity index (χ4n) is 3.47. The molecule has 2 aromatic rings. The predicted molar refractivity (Wildman–Crippen MR) is 107 cm³/mol. The Morgan fingerprint density at radius 1 is 1.10 bits per heavy atom. The van der Waals surface area contributed by atoms with Gasteiger partial charge in [0, 0.05) is 26.1 Å². The van der Waals surface area contributed by atoms with Crippen molar-refractivity contribution in [2.75, 3.05) is 25.0 Å². The van der Waals surface area contributed by atoms with E-state index in [2.05, 4.69) is 5.32 Å². The molecule has 1 fully saturated rings. The Kier molecular flexibility index (Phi) is 6.76. The number of amides is 3. The topological polar surface area (TPSA) is 69.7 Å². The van der Waals surface area contributed by atoms with Gasteiger partial charge in [0.2, 0.25) is 17.7 Å². The van der Waals surface area contributed by atoms with Gasteiger partial charge in [0.05, 0.1) is 12.5 Å². The first-order valence-corrected chi connectivity index (χ1v) is 9.73. The fourth-order valence-corrected chi connectivity index (χ4v) is 3.47. The van der Waals surface area contributed by atoms with Crippen molar-refractivity contribution in [3.63, 3.8) is 0 Å². The molecule has 1 heterocycles. The molecular weight excluding hydrogens is 392 g/mol. The lowest BCUT2D eigenvalue weighted by Gasteiger charge is -2.24. The molecule has 0 aromatic heterocycles. The lowest BCUT2D eigenvalue weighted by Crippen LogP contribution is -2.42. The molecule has 0 aliphatic carbocycles. The van der Waals surface area contributed by atoms with Crippen molar-refractivity contribution in [3.8, 4) is 0 Å². The van der Waals surface area contributed by atoms with E-state index in [0.29, 0.717) is 6.54 Å². The highest BCUT2D eigenvalue weighted by Crippen LogP contribution is 2.23. The summed E-state index contributed by atoms with van der Waals surface area (Å²) in [5, 5.41) is 2.18. The Bertz CT molecular complexity index is 916. The summed E-state index contributed by atoms with van der Waals surface area (Å²) >= 11 is 0. The number of para-hydroxylation sites is 1. The second-order valence-electron chi connectivity index (χ2n) is 7.16. The van der Waals surface area contributed by atoms with E-state index in [1.807, 2.05) is 30.3 Å². The number of likely N-dealkylation sites (tertiary alicyclic amines) is 1. The third-order valence-corrected chi connectivity index (χ3v) is 5.04. The van der Waals surface area contributed by atoms with Crippen molar-refractivity contribution >= 4 is 23.4 Å². The highest BCUT2D eigenvalue weighted by molar-refractivity contribution is 5.96. The zero-order valence-corrected chi connectivity index (χ0v) is 16.6. The molecule has 8 heteroatoms. The normalized spacial score (nSPS) is 15.9. The molecule has 0 bridgehead atoms. The maximum absolute atomic E-state index is 13.7. The number of rotatable bonds is 7. The van der Waals surface area contributed by atoms with Crippen LogP contribution in [0.4, 0.5) is 14.5 Å². The third-order valence-electron chi connectivity index (χ3n) is 5.04. The number of benzene rings is 2. The quantitative estimate of drug-likeness (QED) is 0.756. The Labute approximate surface area is 173 Å². The first kappa shape index (κ1) is 21.4. The number of halogens is 2. The number of hydrogen-bond acceptors (Lipinski definition) is 3. The minimum atomic E-state index is -0.893. The molecule has 158 valence electrons. The summed E-state index contributed by atoms with van der Waals surface area (Å²) < 4.78 is 27.4. The molecule has 1 aliphatic heterocycles.